The Morgan fingerprint density at radius 3 is 3.00 bits per heavy atom. The number of thioether (sulfide) groups is 1. The average molecular weight is 302 g/mol. The van der Waals surface area contributed by atoms with Gasteiger partial charge in [-0.05, 0) is 31.9 Å². The summed E-state index contributed by atoms with van der Waals surface area (Å²) >= 11 is 1.51. The molecule has 0 spiro atoms. The molecule has 1 aromatic carbocycles. The minimum atomic E-state index is -0.00522. The summed E-state index contributed by atoms with van der Waals surface area (Å²) in [6, 6.07) is 9.97. The van der Waals surface area contributed by atoms with Crippen LogP contribution in [0.2, 0.25) is 0 Å². The molecule has 3 rings (SSSR count). The standard InChI is InChI=1S/C16H18N2O2S/c1-2-20-10-21-15-9-13(16(19)17-11-7-8-11)12-5-3-4-6-14(12)18-15/h3-6,9,11H,2,7-8,10H2,1H3,(H,17,19). The molecule has 110 valence electrons. The first-order chi connectivity index (χ1) is 10.3. The second kappa shape index (κ2) is 6.45. The van der Waals surface area contributed by atoms with Crippen LogP contribution in [0.5, 0.6) is 0 Å². The second-order valence-electron chi connectivity index (χ2n) is 5.03. The van der Waals surface area contributed by atoms with Gasteiger partial charge in [0.25, 0.3) is 5.91 Å². The van der Waals surface area contributed by atoms with Crippen molar-refractivity contribution in [3.8, 4) is 0 Å². The van der Waals surface area contributed by atoms with E-state index in [0.717, 1.165) is 28.8 Å². The van der Waals surface area contributed by atoms with Gasteiger partial charge < -0.3 is 10.1 Å². The van der Waals surface area contributed by atoms with E-state index in [2.05, 4.69) is 10.3 Å². The number of pyridine rings is 1. The second-order valence-corrected chi connectivity index (χ2v) is 5.97. The lowest BCUT2D eigenvalue weighted by Crippen LogP contribution is -2.25. The van der Waals surface area contributed by atoms with Crippen molar-refractivity contribution in [2.45, 2.75) is 30.8 Å². The third kappa shape index (κ3) is 3.54. The number of ether oxygens (including phenoxy) is 1. The molecule has 5 heteroatoms. The van der Waals surface area contributed by atoms with Crippen LogP contribution < -0.4 is 5.32 Å². The summed E-state index contributed by atoms with van der Waals surface area (Å²) in [5.41, 5.74) is 1.55. The number of carbonyl (C=O) groups is 1. The van der Waals surface area contributed by atoms with Crippen LogP contribution >= 0.6 is 11.8 Å². The molecule has 0 radical (unpaired) electrons. The molecule has 21 heavy (non-hydrogen) atoms. The molecule has 0 bridgehead atoms. The van der Waals surface area contributed by atoms with Crippen molar-refractivity contribution in [3.63, 3.8) is 0 Å². The molecule has 1 aliphatic carbocycles. The first-order valence-electron chi connectivity index (χ1n) is 7.19. The summed E-state index contributed by atoms with van der Waals surface area (Å²) in [5.74, 6) is 0.542. The van der Waals surface area contributed by atoms with Gasteiger partial charge in [0.2, 0.25) is 0 Å². The maximum atomic E-state index is 12.4. The summed E-state index contributed by atoms with van der Waals surface area (Å²) in [4.78, 5) is 17.0. The van der Waals surface area contributed by atoms with Crippen LogP contribution in [-0.4, -0.2) is 29.5 Å². The van der Waals surface area contributed by atoms with Crippen molar-refractivity contribution in [3.05, 3.63) is 35.9 Å². The Morgan fingerprint density at radius 2 is 2.24 bits per heavy atom. The number of hydrogen-bond donors (Lipinski definition) is 1. The Balaban J connectivity index is 1.92. The number of nitrogens with one attached hydrogen (secondary N) is 1. The first kappa shape index (κ1) is 14.4. The van der Waals surface area contributed by atoms with Gasteiger partial charge in [-0.3, -0.25) is 4.79 Å². The van der Waals surface area contributed by atoms with E-state index in [1.807, 2.05) is 37.3 Å². The smallest absolute Gasteiger partial charge is 0.252 e. The van der Waals surface area contributed by atoms with E-state index in [4.69, 9.17) is 4.74 Å². The summed E-state index contributed by atoms with van der Waals surface area (Å²) < 4.78 is 5.35. The number of hydrogen-bond acceptors (Lipinski definition) is 4. The summed E-state index contributed by atoms with van der Waals surface area (Å²) in [7, 11) is 0. The minimum absolute atomic E-state index is 0.00522. The van der Waals surface area contributed by atoms with Gasteiger partial charge in [0, 0.05) is 18.0 Å². The normalized spacial score (nSPS) is 14.3. The molecule has 1 aromatic heterocycles. The van der Waals surface area contributed by atoms with Crippen molar-refractivity contribution in [1.29, 1.82) is 0 Å². The first-order valence-corrected chi connectivity index (χ1v) is 8.17. The van der Waals surface area contributed by atoms with Gasteiger partial charge >= 0.3 is 0 Å². The van der Waals surface area contributed by atoms with Gasteiger partial charge in [0.05, 0.1) is 22.0 Å². The lowest BCUT2D eigenvalue weighted by molar-refractivity contribution is 0.0952. The van der Waals surface area contributed by atoms with Crippen molar-refractivity contribution in [1.82, 2.24) is 10.3 Å². The molecule has 1 amide bonds. The number of carbonyl (C=O) groups excluding carboxylic acids is 1. The number of amides is 1. The predicted octanol–water partition coefficient (Wildman–Crippen LogP) is 3.21. The third-order valence-corrected chi connectivity index (χ3v) is 4.13. The van der Waals surface area contributed by atoms with Crippen LogP contribution in [0.15, 0.2) is 35.4 Å². The molecule has 0 saturated heterocycles. The highest BCUT2D eigenvalue weighted by Gasteiger charge is 2.24. The van der Waals surface area contributed by atoms with Crippen LogP contribution in [0.4, 0.5) is 0 Å². The summed E-state index contributed by atoms with van der Waals surface area (Å²) in [6.45, 7) is 2.64. The van der Waals surface area contributed by atoms with E-state index in [9.17, 15) is 4.79 Å². The van der Waals surface area contributed by atoms with E-state index >= 15 is 0 Å². The van der Waals surface area contributed by atoms with Gasteiger partial charge in [0.15, 0.2) is 0 Å². The Bertz CT molecular complexity index is 656. The average Bonchev–Trinajstić information content (AvgIpc) is 3.30. The molecule has 1 fully saturated rings. The lowest BCUT2D eigenvalue weighted by atomic mass is 10.1. The number of fused-ring (bicyclic) bond motifs is 1. The molecular formula is C16H18N2O2S. The van der Waals surface area contributed by atoms with Crippen LogP contribution in [0.25, 0.3) is 10.9 Å². The third-order valence-electron chi connectivity index (χ3n) is 3.34. The Labute approximate surface area is 128 Å². The van der Waals surface area contributed by atoms with Gasteiger partial charge in [-0.15, -0.1) is 0 Å². The molecule has 1 aliphatic rings. The number of rotatable bonds is 6. The molecule has 0 aliphatic heterocycles. The number of nitrogens with zero attached hydrogens (tertiary/aromatic N) is 1. The van der Waals surface area contributed by atoms with Crippen molar-refractivity contribution >= 4 is 28.6 Å². The highest BCUT2D eigenvalue weighted by Crippen LogP contribution is 2.26. The van der Waals surface area contributed by atoms with Crippen molar-refractivity contribution in [2.75, 3.05) is 12.5 Å². The highest BCUT2D eigenvalue weighted by molar-refractivity contribution is 7.99. The van der Waals surface area contributed by atoms with E-state index < -0.39 is 0 Å². The SMILES string of the molecule is CCOCSc1cc(C(=O)NC2CC2)c2ccccc2n1. The predicted molar refractivity (Wildman–Crippen MR) is 84.6 cm³/mol. The number of benzene rings is 1. The minimum Gasteiger partial charge on any atom is -0.371 e. The molecule has 0 atom stereocenters. The van der Waals surface area contributed by atoms with Gasteiger partial charge in [-0.25, -0.2) is 4.98 Å². The van der Waals surface area contributed by atoms with Gasteiger partial charge in [-0.2, -0.15) is 0 Å². The van der Waals surface area contributed by atoms with Gasteiger partial charge in [-0.1, -0.05) is 30.0 Å². The summed E-state index contributed by atoms with van der Waals surface area (Å²) in [5, 5.41) is 4.77. The Morgan fingerprint density at radius 1 is 1.43 bits per heavy atom. The largest absolute Gasteiger partial charge is 0.371 e. The quantitative estimate of drug-likeness (QED) is 0.506. The molecule has 1 heterocycles. The van der Waals surface area contributed by atoms with Crippen molar-refractivity contribution < 1.29 is 9.53 Å². The van der Waals surface area contributed by atoms with E-state index in [1.165, 1.54) is 11.8 Å². The van der Waals surface area contributed by atoms with Crippen molar-refractivity contribution in [2.24, 2.45) is 0 Å². The molecule has 4 nitrogen and oxygen atoms in total. The molecular weight excluding hydrogens is 284 g/mol. The number of para-hydroxylation sites is 1. The molecule has 2 aromatic rings. The zero-order valence-corrected chi connectivity index (χ0v) is 12.8. The molecule has 1 saturated carbocycles. The van der Waals surface area contributed by atoms with Crippen LogP contribution in [-0.2, 0) is 4.74 Å². The fourth-order valence-electron chi connectivity index (χ4n) is 2.09. The zero-order valence-electron chi connectivity index (χ0n) is 12.0. The Hall–Kier alpha value is -1.59. The summed E-state index contributed by atoms with van der Waals surface area (Å²) in [6.07, 6.45) is 2.17. The van der Waals surface area contributed by atoms with Crippen LogP contribution in [0.3, 0.4) is 0 Å². The fourth-order valence-corrected chi connectivity index (χ4v) is 2.82. The van der Waals surface area contributed by atoms with Gasteiger partial charge in [0.1, 0.15) is 0 Å². The zero-order chi connectivity index (χ0) is 14.7. The van der Waals surface area contributed by atoms with E-state index in [1.54, 1.807) is 0 Å². The highest BCUT2D eigenvalue weighted by atomic mass is 32.2. The Kier molecular flexibility index (Phi) is 4.41. The lowest BCUT2D eigenvalue weighted by Gasteiger charge is -2.09. The maximum Gasteiger partial charge on any atom is 0.252 e. The monoisotopic (exact) mass is 302 g/mol. The topological polar surface area (TPSA) is 51.2 Å². The molecule has 0 unspecified atom stereocenters. The fraction of sp³-hybridized carbons (Fsp3) is 0.375. The number of aromatic nitrogens is 1. The van der Waals surface area contributed by atoms with Crippen LogP contribution in [0, 0.1) is 0 Å². The molecule has 1 N–H and O–H groups in total. The van der Waals surface area contributed by atoms with Crippen LogP contribution in [0.1, 0.15) is 30.1 Å². The van der Waals surface area contributed by atoms with E-state index in [0.29, 0.717) is 24.2 Å². The maximum absolute atomic E-state index is 12.4. The van der Waals surface area contributed by atoms with E-state index in [-0.39, 0.29) is 5.91 Å².